The molecule has 0 amide bonds. The van der Waals surface area contributed by atoms with Crippen LogP contribution in [0.1, 0.15) is 5.56 Å². The molecule has 1 heterocycles. The second kappa shape index (κ2) is 2.96. The fraction of sp³-hybridized carbons (Fsp3) is 0.0909. The van der Waals surface area contributed by atoms with Gasteiger partial charge in [-0.25, -0.2) is 0 Å². The summed E-state index contributed by atoms with van der Waals surface area (Å²) in [4.78, 5) is 1.45. The molecule has 0 saturated heterocycles. The summed E-state index contributed by atoms with van der Waals surface area (Å²) < 4.78 is 0. The van der Waals surface area contributed by atoms with Crippen LogP contribution in [0, 0.1) is 0 Å². The lowest BCUT2D eigenvalue weighted by Crippen LogP contribution is -1.81. The number of rotatable bonds is 0. The highest BCUT2D eigenvalue weighted by molar-refractivity contribution is 8.76. The van der Waals surface area contributed by atoms with Crippen molar-refractivity contribution < 1.29 is 0 Å². The Balaban J connectivity index is 2.43. The zero-order valence-electron chi connectivity index (χ0n) is 6.99. The summed E-state index contributed by atoms with van der Waals surface area (Å²) in [6.07, 6.45) is 0. The van der Waals surface area contributed by atoms with E-state index in [0.717, 1.165) is 5.75 Å². The Labute approximate surface area is 85.1 Å². The van der Waals surface area contributed by atoms with Gasteiger partial charge in [0, 0.05) is 10.6 Å². The van der Waals surface area contributed by atoms with Crippen molar-refractivity contribution in [2.45, 2.75) is 10.6 Å². The molecule has 0 saturated carbocycles. The molecule has 1 aliphatic rings. The van der Waals surface area contributed by atoms with Crippen molar-refractivity contribution in [3.8, 4) is 0 Å². The molecule has 0 spiro atoms. The number of benzene rings is 2. The normalized spacial score (nSPS) is 14.8. The molecule has 0 aromatic heterocycles. The van der Waals surface area contributed by atoms with Gasteiger partial charge in [-0.2, -0.15) is 0 Å². The first kappa shape index (κ1) is 7.77. The zero-order valence-corrected chi connectivity index (χ0v) is 8.62. The summed E-state index contributed by atoms with van der Waals surface area (Å²) in [5.74, 6) is 1.15. The zero-order chi connectivity index (χ0) is 8.67. The molecule has 1 aliphatic heterocycles. The van der Waals surface area contributed by atoms with Gasteiger partial charge in [0.25, 0.3) is 0 Å². The van der Waals surface area contributed by atoms with Gasteiger partial charge >= 0.3 is 0 Å². The Hall–Kier alpha value is -0.600. The van der Waals surface area contributed by atoms with E-state index in [1.54, 1.807) is 0 Å². The summed E-state index contributed by atoms with van der Waals surface area (Å²) >= 11 is 0. The Kier molecular flexibility index (Phi) is 1.77. The van der Waals surface area contributed by atoms with Crippen molar-refractivity contribution in [1.82, 2.24) is 0 Å². The SMILES string of the molecule is c1ccc2c3c(ccc2c1)SSC3. The van der Waals surface area contributed by atoms with Crippen LogP contribution in [0.5, 0.6) is 0 Å². The topological polar surface area (TPSA) is 0 Å². The van der Waals surface area contributed by atoms with Crippen LogP contribution in [0.4, 0.5) is 0 Å². The molecule has 0 aliphatic carbocycles. The average Bonchev–Trinajstić information content (AvgIpc) is 2.65. The molecule has 2 aromatic rings. The number of fused-ring (bicyclic) bond motifs is 3. The van der Waals surface area contributed by atoms with Gasteiger partial charge in [-0.15, -0.1) is 0 Å². The summed E-state index contributed by atoms with van der Waals surface area (Å²) in [6.45, 7) is 0. The van der Waals surface area contributed by atoms with Gasteiger partial charge in [0.1, 0.15) is 0 Å². The van der Waals surface area contributed by atoms with Crippen LogP contribution < -0.4 is 0 Å². The summed E-state index contributed by atoms with van der Waals surface area (Å²) in [6, 6.07) is 13.1. The molecule has 2 aromatic carbocycles. The molecule has 64 valence electrons. The molecular formula is C11H8S2. The van der Waals surface area contributed by atoms with E-state index in [-0.39, 0.29) is 0 Å². The van der Waals surface area contributed by atoms with Gasteiger partial charge in [-0.1, -0.05) is 51.9 Å². The standard InChI is InChI=1S/C11H8S2/c1-2-4-9-8(3-1)5-6-11-10(9)7-12-13-11/h1-6H,7H2. The minimum atomic E-state index is 1.15. The predicted molar refractivity (Wildman–Crippen MR) is 61.1 cm³/mol. The van der Waals surface area contributed by atoms with Crippen LogP contribution in [0.25, 0.3) is 10.8 Å². The molecule has 2 heteroatoms. The molecule has 13 heavy (non-hydrogen) atoms. The fourth-order valence-corrected chi connectivity index (χ4v) is 4.19. The largest absolute Gasteiger partial charge is 0.0841 e. The van der Waals surface area contributed by atoms with Gasteiger partial charge in [-0.05, 0) is 22.4 Å². The fourth-order valence-electron chi connectivity index (χ4n) is 1.69. The van der Waals surface area contributed by atoms with E-state index in [9.17, 15) is 0 Å². The second-order valence-corrected chi connectivity index (χ2v) is 5.45. The Morgan fingerprint density at radius 3 is 2.92 bits per heavy atom. The third kappa shape index (κ3) is 1.17. The second-order valence-electron chi connectivity index (χ2n) is 3.11. The van der Waals surface area contributed by atoms with Crippen molar-refractivity contribution in [2.24, 2.45) is 0 Å². The third-order valence-corrected chi connectivity index (χ3v) is 4.68. The van der Waals surface area contributed by atoms with Gasteiger partial charge in [0.05, 0.1) is 0 Å². The van der Waals surface area contributed by atoms with Gasteiger partial charge in [0.15, 0.2) is 0 Å². The van der Waals surface area contributed by atoms with E-state index < -0.39 is 0 Å². The highest BCUT2D eigenvalue weighted by Crippen LogP contribution is 2.46. The molecule has 0 radical (unpaired) electrons. The lowest BCUT2D eigenvalue weighted by molar-refractivity contribution is 1.34. The molecule has 0 bridgehead atoms. The van der Waals surface area contributed by atoms with Crippen LogP contribution in [-0.2, 0) is 5.75 Å². The molecule has 0 N–H and O–H groups in total. The van der Waals surface area contributed by atoms with Crippen molar-refractivity contribution in [1.29, 1.82) is 0 Å². The van der Waals surface area contributed by atoms with Crippen LogP contribution >= 0.6 is 21.6 Å². The van der Waals surface area contributed by atoms with Crippen molar-refractivity contribution >= 4 is 32.4 Å². The highest BCUT2D eigenvalue weighted by Gasteiger charge is 2.14. The molecule has 0 atom stereocenters. The summed E-state index contributed by atoms with van der Waals surface area (Å²) in [7, 11) is 3.83. The van der Waals surface area contributed by atoms with E-state index in [1.165, 1.54) is 21.2 Å². The first-order valence-electron chi connectivity index (χ1n) is 4.25. The maximum Gasteiger partial charge on any atom is 0.0309 e. The number of hydrogen-bond acceptors (Lipinski definition) is 2. The van der Waals surface area contributed by atoms with E-state index in [0.29, 0.717) is 0 Å². The lowest BCUT2D eigenvalue weighted by atomic mass is 10.1. The van der Waals surface area contributed by atoms with Crippen LogP contribution in [0.3, 0.4) is 0 Å². The number of hydrogen-bond donors (Lipinski definition) is 0. The van der Waals surface area contributed by atoms with Crippen molar-refractivity contribution in [2.75, 3.05) is 0 Å². The Morgan fingerprint density at radius 2 is 1.92 bits per heavy atom. The summed E-state index contributed by atoms with van der Waals surface area (Å²) in [5, 5.41) is 2.79. The van der Waals surface area contributed by atoms with Gasteiger partial charge in [-0.3, -0.25) is 0 Å². The van der Waals surface area contributed by atoms with Crippen molar-refractivity contribution in [3.63, 3.8) is 0 Å². The highest BCUT2D eigenvalue weighted by atomic mass is 33.1. The molecule has 0 unspecified atom stereocenters. The predicted octanol–water partition coefficient (Wildman–Crippen LogP) is 4.09. The smallest absolute Gasteiger partial charge is 0.0309 e. The molecule has 3 rings (SSSR count). The van der Waals surface area contributed by atoms with Crippen LogP contribution in [-0.4, -0.2) is 0 Å². The van der Waals surface area contributed by atoms with E-state index in [4.69, 9.17) is 0 Å². The summed E-state index contributed by atoms with van der Waals surface area (Å²) in [5.41, 5.74) is 1.52. The first-order chi connectivity index (χ1) is 6.45. The van der Waals surface area contributed by atoms with Crippen LogP contribution in [0.2, 0.25) is 0 Å². The monoisotopic (exact) mass is 204 g/mol. The maximum atomic E-state index is 2.24. The molecule has 0 fully saturated rings. The van der Waals surface area contributed by atoms with Crippen LogP contribution in [0.15, 0.2) is 41.3 Å². The lowest BCUT2D eigenvalue weighted by Gasteiger charge is -2.02. The van der Waals surface area contributed by atoms with Gasteiger partial charge < -0.3 is 0 Å². The maximum absolute atomic E-state index is 2.24. The van der Waals surface area contributed by atoms with E-state index in [1.807, 2.05) is 21.6 Å². The van der Waals surface area contributed by atoms with E-state index in [2.05, 4.69) is 36.4 Å². The minimum absolute atomic E-state index is 1.15. The van der Waals surface area contributed by atoms with E-state index >= 15 is 0 Å². The van der Waals surface area contributed by atoms with Gasteiger partial charge in [0.2, 0.25) is 0 Å². The minimum Gasteiger partial charge on any atom is -0.0841 e. The molecule has 0 nitrogen and oxygen atoms in total. The quantitative estimate of drug-likeness (QED) is 0.593. The average molecular weight is 204 g/mol. The first-order valence-corrected chi connectivity index (χ1v) is 6.57. The Morgan fingerprint density at radius 1 is 1.00 bits per heavy atom. The Bertz CT molecular complexity index is 463. The third-order valence-electron chi connectivity index (χ3n) is 2.35. The molecular weight excluding hydrogens is 196 g/mol. The van der Waals surface area contributed by atoms with Crippen molar-refractivity contribution in [3.05, 3.63) is 42.0 Å².